The predicted molar refractivity (Wildman–Crippen MR) is 111 cm³/mol. The molecular weight excluding hydrogens is 350 g/mol. The van der Waals surface area contributed by atoms with Crippen LogP contribution in [0, 0.1) is 0 Å². The molecule has 0 bridgehead atoms. The van der Waals surface area contributed by atoms with Gasteiger partial charge < -0.3 is 14.5 Å². The monoisotopic (exact) mass is 369 g/mol. The minimum absolute atomic E-state index is 0.184. The summed E-state index contributed by atoms with van der Waals surface area (Å²) in [4.78, 5) is 16.7. The van der Waals surface area contributed by atoms with Gasteiger partial charge in [-0.3, -0.25) is 4.79 Å². The number of anilines is 1. The second kappa shape index (κ2) is 7.80. The number of nitrogens with one attached hydrogen (secondary N) is 1. The van der Waals surface area contributed by atoms with Crippen molar-refractivity contribution < 1.29 is 9.53 Å². The number of methoxy groups -OCH3 is 1. The van der Waals surface area contributed by atoms with Crippen LogP contribution >= 0.6 is 0 Å². The van der Waals surface area contributed by atoms with E-state index in [1.165, 1.54) is 6.08 Å². The number of nitrogens with zero attached hydrogens (tertiary/aromatic N) is 2. The second-order valence-electron chi connectivity index (χ2n) is 6.27. The van der Waals surface area contributed by atoms with E-state index in [2.05, 4.69) is 10.3 Å². The lowest BCUT2D eigenvalue weighted by Crippen LogP contribution is -2.07. The van der Waals surface area contributed by atoms with Crippen molar-refractivity contribution in [2.45, 2.75) is 0 Å². The van der Waals surface area contributed by atoms with Crippen LogP contribution in [0.4, 0.5) is 5.69 Å². The van der Waals surface area contributed by atoms with Crippen LogP contribution in [0.5, 0.6) is 5.75 Å². The average molecular weight is 369 g/mol. The summed E-state index contributed by atoms with van der Waals surface area (Å²) in [6.07, 6.45) is 7.23. The number of fused-ring (bicyclic) bond motifs is 1. The number of rotatable bonds is 5. The van der Waals surface area contributed by atoms with Crippen molar-refractivity contribution in [1.29, 1.82) is 0 Å². The number of carbonyl (C=O) groups excluding carboxylic acids is 1. The number of carbonyl (C=O) groups is 1. The summed E-state index contributed by atoms with van der Waals surface area (Å²) in [6.45, 7) is 0. The van der Waals surface area contributed by atoms with Gasteiger partial charge in [-0.05, 0) is 48.0 Å². The van der Waals surface area contributed by atoms with E-state index < -0.39 is 0 Å². The first-order chi connectivity index (χ1) is 13.7. The van der Waals surface area contributed by atoms with Crippen LogP contribution in [0.3, 0.4) is 0 Å². The van der Waals surface area contributed by atoms with Crippen LogP contribution in [0.1, 0.15) is 5.56 Å². The fraction of sp³-hybridized carbons (Fsp3) is 0.0435. The van der Waals surface area contributed by atoms with E-state index in [-0.39, 0.29) is 5.91 Å². The van der Waals surface area contributed by atoms with Gasteiger partial charge in [0.15, 0.2) is 0 Å². The molecule has 1 N–H and O–H groups in total. The Hall–Kier alpha value is -3.86. The molecule has 0 spiro atoms. The maximum atomic E-state index is 12.1. The summed E-state index contributed by atoms with van der Waals surface area (Å²) < 4.78 is 7.10. The highest BCUT2D eigenvalue weighted by atomic mass is 16.5. The molecule has 0 aliphatic rings. The molecule has 1 amide bonds. The number of ether oxygens (including phenoxy) is 1. The molecule has 0 aliphatic heterocycles. The molecule has 2 aromatic carbocycles. The van der Waals surface area contributed by atoms with Crippen molar-refractivity contribution >= 4 is 23.3 Å². The summed E-state index contributed by atoms with van der Waals surface area (Å²) in [5.41, 5.74) is 4.45. The Balaban J connectivity index is 1.42. The van der Waals surface area contributed by atoms with E-state index in [0.717, 1.165) is 33.9 Å². The fourth-order valence-corrected chi connectivity index (χ4v) is 2.87. The van der Waals surface area contributed by atoms with E-state index in [1.54, 1.807) is 13.2 Å². The highest BCUT2D eigenvalue weighted by Crippen LogP contribution is 2.21. The summed E-state index contributed by atoms with van der Waals surface area (Å²) in [5.74, 6) is 0.601. The van der Waals surface area contributed by atoms with Crippen LogP contribution in [0.2, 0.25) is 0 Å². The third-order valence-electron chi connectivity index (χ3n) is 4.36. The molecule has 0 saturated heterocycles. The van der Waals surface area contributed by atoms with E-state index in [1.807, 2.05) is 83.5 Å². The number of hydrogen-bond acceptors (Lipinski definition) is 3. The molecule has 5 heteroatoms. The van der Waals surface area contributed by atoms with E-state index in [4.69, 9.17) is 4.74 Å². The van der Waals surface area contributed by atoms with E-state index in [9.17, 15) is 4.79 Å². The third-order valence-corrected chi connectivity index (χ3v) is 4.36. The molecule has 0 fully saturated rings. The van der Waals surface area contributed by atoms with Gasteiger partial charge in [0.1, 0.15) is 11.4 Å². The number of imidazole rings is 1. The molecule has 28 heavy (non-hydrogen) atoms. The van der Waals surface area contributed by atoms with Crippen LogP contribution in [-0.4, -0.2) is 22.4 Å². The lowest BCUT2D eigenvalue weighted by atomic mass is 10.1. The van der Waals surface area contributed by atoms with Crippen molar-refractivity contribution in [3.63, 3.8) is 0 Å². The molecular formula is C23H19N3O2. The van der Waals surface area contributed by atoms with Crippen LogP contribution in [-0.2, 0) is 4.79 Å². The Labute approximate surface area is 162 Å². The van der Waals surface area contributed by atoms with Crippen LogP contribution in [0.15, 0.2) is 85.2 Å². The Morgan fingerprint density at radius 3 is 2.54 bits per heavy atom. The van der Waals surface area contributed by atoms with Gasteiger partial charge in [-0.1, -0.05) is 30.3 Å². The van der Waals surface area contributed by atoms with Gasteiger partial charge in [0, 0.05) is 29.7 Å². The van der Waals surface area contributed by atoms with Crippen molar-refractivity contribution in [1.82, 2.24) is 9.38 Å². The van der Waals surface area contributed by atoms with Gasteiger partial charge in [0.25, 0.3) is 0 Å². The summed E-state index contributed by atoms with van der Waals surface area (Å²) in [6, 6.07) is 21.0. The molecule has 0 radical (unpaired) electrons. The number of aromatic nitrogens is 2. The zero-order valence-corrected chi connectivity index (χ0v) is 15.4. The molecule has 5 nitrogen and oxygen atoms in total. The number of hydrogen-bond donors (Lipinski definition) is 1. The minimum atomic E-state index is -0.184. The Kier molecular flexibility index (Phi) is 4.89. The minimum Gasteiger partial charge on any atom is -0.497 e. The Morgan fingerprint density at radius 1 is 1.04 bits per heavy atom. The topological polar surface area (TPSA) is 55.6 Å². The van der Waals surface area contributed by atoms with Gasteiger partial charge >= 0.3 is 0 Å². The molecule has 4 rings (SSSR count). The Bertz CT molecular complexity index is 1090. The smallest absolute Gasteiger partial charge is 0.248 e. The highest BCUT2D eigenvalue weighted by Gasteiger charge is 2.05. The van der Waals surface area contributed by atoms with E-state index in [0.29, 0.717) is 0 Å². The number of amides is 1. The zero-order valence-electron chi connectivity index (χ0n) is 15.4. The van der Waals surface area contributed by atoms with Gasteiger partial charge in [0.05, 0.1) is 12.8 Å². The molecule has 2 heterocycles. The fourth-order valence-electron chi connectivity index (χ4n) is 2.87. The van der Waals surface area contributed by atoms with Crippen LogP contribution in [0.25, 0.3) is 23.0 Å². The van der Waals surface area contributed by atoms with E-state index >= 15 is 0 Å². The molecule has 0 unspecified atom stereocenters. The molecule has 0 saturated carbocycles. The normalized spacial score (nSPS) is 11.0. The highest BCUT2D eigenvalue weighted by molar-refractivity contribution is 6.02. The van der Waals surface area contributed by atoms with Crippen LogP contribution < -0.4 is 10.1 Å². The molecule has 0 atom stereocenters. The van der Waals surface area contributed by atoms with Crippen molar-refractivity contribution in [3.8, 4) is 17.0 Å². The van der Waals surface area contributed by atoms with Gasteiger partial charge in [0.2, 0.25) is 5.91 Å². The van der Waals surface area contributed by atoms with Crippen molar-refractivity contribution in [3.05, 3.63) is 90.8 Å². The zero-order chi connectivity index (χ0) is 19.3. The third kappa shape index (κ3) is 3.94. The summed E-state index contributed by atoms with van der Waals surface area (Å²) in [5, 5.41) is 2.86. The number of benzene rings is 2. The first-order valence-electron chi connectivity index (χ1n) is 8.88. The summed E-state index contributed by atoms with van der Waals surface area (Å²) in [7, 11) is 1.62. The summed E-state index contributed by atoms with van der Waals surface area (Å²) >= 11 is 0. The average Bonchev–Trinajstić information content (AvgIpc) is 3.17. The quantitative estimate of drug-likeness (QED) is 0.521. The maximum absolute atomic E-state index is 12.1. The first-order valence-corrected chi connectivity index (χ1v) is 8.88. The van der Waals surface area contributed by atoms with Gasteiger partial charge in [-0.15, -0.1) is 0 Å². The van der Waals surface area contributed by atoms with Crippen molar-refractivity contribution in [2.24, 2.45) is 0 Å². The molecule has 138 valence electrons. The predicted octanol–water partition coefficient (Wildman–Crippen LogP) is 4.66. The SMILES string of the molecule is COc1ccc(/C=C/C(=O)Nc2ccc(-c3cn4ccccc4n3)cc2)cc1. The molecule has 2 aromatic heterocycles. The van der Waals surface area contributed by atoms with Gasteiger partial charge in [-0.2, -0.15) is 0 Å². The van der Waals surface area contributed by atoms with Gasteiger partial charge in [-0.25, -0.2) is 4.98 Å². The first kappa shape index (κ1) is 17.5. The maximum Gasteiger partial charge on any atom is 0.248 e. The second-order valence-corrected chi connectivity index (χ2v) is 6.27. The standard InChI is InChI=1S/C23H19N3O2/c1-28-20-12-5-17(6-13-20)7-14-23(27)24-19-10-8-18(9-11-19)21-16-26-15-3-2-4-22(26)25-21/h2-16H,1H3,(H,24,27)/b14-7+. The largest absolute Gasteiger partial charge is 0.497 e. The lowest BCUT2D eigenvalue weighted by molar-refractivity contribution is -0.111. The number of pyridine rings is 1. The molecule has 0 aliphatic carbocycles. The lowest BCUT2D eigenvalue weighted by Gasteiger charge is -2.03. The molecule has 4 aromatic rings. The Morgan fingerprint density at radius 2 is 1.82 bits per heavy atom. The van der Waals surface area contributed by atoms with Crippen molar-refractivity contribution in [2.75, 3.05) is 12.4 Å².